The molecule has 1 saturated carbocycles. The Balaban J connectivity index is 1.89. The second-order valence-electron chi connectivity index (χ2n) is 4.36. The molecule has 17 heavy (non-hydrogen) atoms. The van der Waals surface area contributed by atoms with Crippen molar-refractivity contribution in [1.82, 2.24) is 5.32 Å². The van der Waals surface area contributed by atoms with Crippen molar-refractivity contribution in [3.63, 3.8) is 0 Å². The van der Waals surface area contributed by atoms with E-state index in [-0.39, 0.29) is 12.0 Å². The van der Waals surface area contributed by atoms with E-state index in [1.165, 1.54) is 4.88 Å². The van der Waals surface area contributed by atoms with Crippen molar-refractivity contribution in [2.75, 3.05) is 6.61 Å². The van der Waals surface area contributed by atoms with Crippen molar-refractivity contribution in [1.29, 1.82) is 0 Å². The van der Waals surface area contributed by atoms with Crippen LogP contribution in [0.1, 0.15) is 24.6 Å². The molecule has 1 heterocycles. The van der Waals surface area contributed by atoms with Crippen LogP contribution < -0.4 is 11.1 Å². The molecule has 0 saturated heterocycles. The molecule has 0 spiro atoms. The van der Waals surface area contributed by atoms with Crippen LogP contribution in [0.2, 0.25) is 0 Å². The molecule has 1 aliphatic carbocycles. The molecule has 0 aliphatic heterocycles. The molecule has 0 aromatic carbocycles. The average molecular weight is 254 g/mol. The zero-order valence-corrected chi connectivity index (χ0v) is 10.8. The fraction of sp³-hybridized carbons (Fsp3) is 0.583. The summed E-state index contributed by atoms with van der Waals surface area (Å²) in [5.41, 5.74) is 4.91. The van der Waals surface area contributed by atoms with Gasteiger partial charge in [0.25, 0.3) is 0 Å². The summed E-state index contributed by atoms with van der Waals surface area (Å²) in [4.78, 5) is 12.7. The molecule has 4 nitrogen and oxygen atoms in total. The van der Waals surface area contributed by atoms with E-state index < -0.39 is 5.54 Å². The number of hydrogen-bond acceptors (Lipinski definition) is 4. The first-order valence-corrected chi connectivity index (χ1v) is 6.73. The molecule has 0 radical (unpaired) electrons. The summed E-state index contributed by atoms with van der Waals surface area (Å²) in [5.74, 6) is -0.273. The normalized spacial score (nSPS) is 27.7. The van der Waals surface area contributed by atoms with E-state index in [4.69, 9.17) is 10.5 Å². The lowest BCUT2D eigenvalue weighted by Crippen LogP contribution is -2.65. The minimum Gasteiger partial charge on any atom is -0.378 e. The van der Waals surface area contributed by atoms with Gasteiger partial charge in [0.15, 0.2) is 0 Å². The third kappa shape index (κ3) is 2.68. The molecule has 1 aromatic heterocycles. The predicted octanol–water partition coefficient (Wildman–Crippen LogP) is 1.26. The monoisotopic (exact) mass is 254 g/mol. The summed E-state index contributed by atoms with van der Waals surface area (Å²) in [7, 11) is 0. The SMILES string of the molecule is CCOC1CC(NCc2cccs2)(C(N)=O)C1. The minimum absolute atomic E-state index is 0.170. The summed E-state index contributed by atoms with van der Waals surface area (Å²) < 4.78 is 5.48. The number of rotatable bonds is 6. The van der Waals surface area contributed by atoms with Gasteiger partial charge in [-0.15, -0.1) is 11.3 Å². The molecule has 3 N–H and O–H groups in total. The summed E-state index contributed by atoms with van der Waals surface area (Å²) in [5, 5.41) is 5.30. The molecular formula is C12H18N2O2S. The van der Waals surface area contributed by atoms with Crippen molar-refractivity contribution in [3.8, 4) is 0 Å². The second kappa shape index (κ2) is 5.16. The maximum absolute atomic E-state index is 11.5. The molecule has 0 bridgehead atoms. The lowest BCUT2D eigenvalue weighted by Gasteiger charge is -2.45. The lowest BCUT2D eigenvalue weighted by atomic mass is 9.73. The number of thiophene rings is 1. The van der Waals surface area contributed by atoms with Gasteiger partial charge < -0.3 is 10.5 Å². The molecule has 1 fully saturated rings. The number of hydrogen-bond donors (Lipinski definition) is 2. The quantitative estimate of drug-likeness (QED) is 0.803. The average Bonchev–Trinajstić information content (AvgIpc) is 2.73. The maximum Gasteiger partial charge on any atom is 0.237 e. The largest absolute Gasteiger partial charge is 0.378 e. The van der Waals surface area contributed by atoms with Crippen LogP contribution in [0.15, 0.2) is 17.5 Å². The molecule has 1 amide bonds. The molecule has 2 rings (SSSR count). The van der Waals surface area contributed by atoms with Crippen LogP contribution in [0.25, 0.3) is 0 Å². The van der Waals surface area contributed by atoms with E-state index in [9.17, 15) is 4.79 Å². The van der Waals surface area contributed by atoms with Gasteiger partial charge in [-0.05, 0) is 18.4 Å². The van der Waals surface area contributed by atoms with Gasteiger partial charge in [0.1, 0.15) is 5.54 Å². The number of ether oxygens (including phenoxy) is 1. The van der Waals surface area contributed by atoms with Crippen LogP contribution in [0, 0.1) is 0 Å². The minimum atomic E-state index is -0.566. The van der Waals surface area contributed by atoms with Crippen molar-refractivity contribution in [3.05, 3.63) is 22.4 Å². The molecule has 1 aliphatic rings. The molecular weight excluding hydrogens is 236 g/mol. The summed E-state index contributed by atoms with van der Waals surface area (Å²) in [6, 6.07) is 4.05. The van der Waals surface area contributed by atoms with Gasteiger partial charge in [-0.1, -0.05) is 6.07 Å². The first-order valence-electron chi connectivity index (χ1n) is 5.85. The van der Waals surface area contributed by atoms with E-state index >= 15 is 0 Å². The smallest absolute Gasteiger partial charge is 0.237 e. The molecule has 5 heteroatoms. The van der Waals surface area contributed by atoms with Crippen LogP contribution in [0.4, 0.5) is 0 Å². The summed E-state index contributed by atoms with van der Waals surface area (Å²) in [6.07, 6.45) is 1.53. The van der Waals surface area contributed by atoms with Crippen molar-refractivity contribution in [2.24, 2.45) is 5.73 Å². The summed E-state index contributed by atoms with van der Waals surface area (Å²) in [6.45, 7) is 3.34. The molecule has 0 atom stereocenters. The Morgan fingerprint density at radius 3 is 3.00 bits per heavy atom. The fourth-order valence-electron chi connectivity index (χ4n) is 2.17. The number of amides is 1. The fourth-order valence-corrected chi connectivity index (χ4v) is 2.82. The Kier molecular flexibility index (Phi) is 3.81. The zero-order chi connectivity index (χ0) is 12.3. The van der Waals surface area contributed by atoms with Gasteiger partial charge in [-0.25, -0.2) is 0 Å². The van der Waals surface area contributed by atoms with Crippen molar-refractivity contribution in [2.45, 2.75) is 38.0 Å². The van der Waals surface area contributed by atoms with Crippen LogP contribution in [-0.4, -0.2) is 24.2 Å². The highest BCUT2D eigenvalue weighted by Gasteiger charge is 2.49. The Labute approximate surface area is 105 Å². The number of carbonyl (C=O) groups excluding carboxylic acids is 1. The second-order valence-corrected chi connectivity index (χ2v) is 5.40. The topological polar surface area (TPSA) is 64.3 Å². The molecule has 94 valence electrons. The van der Waals surface area contributed by atoms with Crippen LogP contribution in [0.5, 0.6) is 0 Å². The van der Waals surface area contributed by atoms with Gasteiger partial charge in [-0.2, -0.15) is 0 Å². The number of nitrogens with two attached hydrogens (primary N) is 1. The van der Waals surface area contributed by atoms with E-state index in [2.05, 4.69) is 5.32 Å². The lowest BCUT2D eigenvalue weighted by molar-refractivity contribution is -0.136. The highest BCUT2D eigenvalue weighted by atomic mass is 32.1. The standard InChI is InChI=1S/C12H18N2O2S/c1-2-16-9-6-12(7-9,11(13)15)14-8-10-4-3-5-17-10/h3-5,9,14H,2,6-8H2,1H3,(H2,13,15). The van der Waals surface area contributed by atoms with Gasteiger partial charge >= 0.3 is 0 Å². The number of carbonyl (C=O) groups is 1. The first kappa shape index (κ1) is 12.5. The number of nitrogens with one attached hydrogen (secondary N) is 1. The van der Waals surface area contributed by atoms with Gasteiger partial charge in [0, 0.05) is 30.9 Å². The van der Waals surface area contributed by atoms with Crippen molar-refractivity contribution >= 4 is 17.2 Å². The van der Waals surface area contributed by atoms with Crippen LogP contribution >= 0.6 is 11.3 Å². The van der Waals surface area contributed by atoms with E-state index in [1.54, 1.807) is 11.3 Å². The Bertz CT molecular complexity index is 372. The van der Waals surface area contributed by atoms with Gasteiger partial charge in [0.2, 0.25) is 5.91 Å². The number of primary amides is 1. The highest BCUT2D eigenvalue weighted by molar-refractivity contribution is 7.09. The highest BCUT2D eigenvalue weighted by Crippen LogP contribution is 2.34. The van der Waals surface area contributed by atoms with Crippen LogP contribution in [0.3, 0.4) is 0 Å². The summed E-state index contributed by atoms with van der Waals surface area (Å²) >= 11 is 1.68. The zero-order valence-electron chi connectivity index (χ0n) is 9.94. The van der Waals surface area contributed by atoms with Crippen LogP contribution in [-0.2, 0) is 16.1 Å². The Morgan fingerprint density at radius 2 is 2.47 bits per heavy atom. The third-order valence-electron chi connectivity index (χ3n) is 3.21. The molecule has 1 aromatic rings. The van der Waals surface area contributed by atoms with Crippen molar-refractivity contribution < 1.29 is 9.53 Å². The van der Waals surface area contributed by atoms with E-state index in [1.807, 2.05) is 24.4 Å². The first-order chi connectivity index (χ1) is 8.16. The van der Waals surface area contributed by atoms with E-state index in [0.29, 0.717) is 26.0 Å². The van der Waals surface area contributed by atoms with E-state index in [0.717, 1.165) is 0 Å². The maximum atomic E-state index is 11.5. The predicted molar refractivity (Wildman–Crippen MR) is 67.7 cm³/mol. The molecule has 0 unspecified atom stereocenters. The van der Waals surface area contributed by atoms with Gasteiger partial charge in [-0.3, -0.25) is 10.1 Å². The third-order valence-corrected chi connectivity index (χ3v) is 4.08. The van der Waals surface area contributed by atoms with Gasteiger partial charge in [0.05, 0.1) is 6.10 Å². The Morgan fingerprint density at radius 1 is 1.71 bits per heavy atom. The Hall–Kier alpha value is -0.910.